The Hall–Kier alpha value is -2.99. The molecule has 0 unspecified atom stereocenters. The Balaban J connectivity index is 0.000000897. The third-order valence-corrected chi connectivity index (χ3v) is 5.69. The molecule has 0 spiro atoms. The zero-order valence-electron chi connectivity index (χ0n) is 21.3. The quantitative estimate of drug-likeness (QED) is 0.208. The van der Waals surface area contributed by atoms with Gasteiger partial charge in [0, 0.05) is 44.5 Å². The van der Waals surface area contributed by atoms with Gasteiger partial charge < -0.3 is 24.9 Å². The topological polar surface area (TPSA) is 91.7 Å². The molecule has 0 aliphatic carbocycles. The van der Waals surface area contributed by atoms with Gasteiger partial charge in [0.15, 0.2) is 0 Å². The number of nitrogens with one attached hydrogen (secondary N) is 1. The minimum Gasteiger partial charge on any atom is -0.455 e. The van der Waals surface area contributed by atoms with E-state index in [2.05, 4.69) is 25.1 Å². The van der Waals surface area contributed by atoms with Gasteiger partial charge in [-0.05, 0) is 49.4 Å². The van der Waals surface area contributed by atoms with Crippen LogP contribution in [-0.4, -0.2) is 45.0 Å². The molecule has 35 heavy (non-hydrogen) atoms. The fourth-order valence-electron chi connectivity index (χ4n) is 3.11. The van der Waals surface area contributed by atoms with Gasteiger partial charge in [0.25, 0.3) is 5.91 Å². The molecule has 0 atom stereocenters. The van der Waals surface area contributed by atoms with Crippen molar-refractivity contribution in [3.63, 3.8) is 0 Å². The van der Waals surface area contributed by atoms with E-state index in [0.717, 1.165) is 24.7 Å². The van der Waals surface area contributed by atoms with Crippen LogP contribution in [0, 0.1) is 18.7 Å². The Morgan fingerprint density at radius 2 is 1.77 bits per heavy atom. The van der Waals surface area contributed by atoms with Gasteiger partial charge in [-0.3, -0.25) is 4.79 Å². The van der Waals surface area contributed by atoms with Crippen LogP contribution in [-0.2, 0) is 0 Å². The summed E-state index contributed by atoms with van der Waals surface area (Å²) in [6.07, 6.45) is 15.1. The normalized spacial score (nSPS) is 9.54. The number of anilines is 1. The summed E-state index contributed by atoms with van der Waals surface area (Å²) in [5, 5.41) is 10.4. The molecule has 0 aliphatic rings. The molecule has 4 N–H and O–H groups in total. The lowest BCUT2D eigenvalue weighted by Crippen LogP contribution is -2.18. The summed E-state index contributed by atoms with van der Waals surface area (Å²) in [7, 11) is 4.53. The van der Waals surface area contributed by atoms with Crippen molar-refractivity contribution in [2.75, 3.05) is 38.3 Å². The molecule has 3 rings (SSSR count). The van der Waals surface area contributed by atoms with Gasteiger partial charge in [-0.15, -0.1) is 12.8 Å². The van der Waals surface area contributed by atoms with Crippen molar-refractivity contribution in [1.82, 2.24) is 5.32 Å². The number of benzene rings is 2. The number of terminal acetylenes is 1. The largest absolute Gasteiger partial charge is 0.455 e. The number of fused-ring (bicyclic) bond motifs is 1. The summed E-state index contributed by atoms with van der Waals surface area (Å²) >= 11 is 1.58. The average molecular weight is 504 g/mol. The molecule has 8 heteroatoms. The van der Waals surface area contributed by atoms with E-state index in [4.69, 9.17) is 15.3 Å². The Bertz CT molecular complexity index is 1020. The molecule has 1 heterocycles. The molecule has 6 nitrogen and oxygen atoms in total. The highest BCUT2D eigenvalue weighted by Crippen LogP contribution is 2.36. The molecule has 2 aromatic carbocycles. The smallest absolute Gasteiger partial charge is 0.255 e. The molecule has 0 fully saturated rings. The third-order valence-electron chi connectivity index (χ3n) is 4.93. The molecule has 0 saturated carbocycles. The predicted octanol–water partition coefficient (Wildman–Crippen LogP) is 5.70. The fourth-order valence-corrected chi connectivity index (χ4v) is 3.44. The maximum Gasteiger partial charge on any atom is 0.255 e. The van der Waals surface area contributed by atoms with Gasteiger partial charge in [0.05, 0.1) is 11.3 Å². The van der Waals surface area contributed by atoms with E-state index in [0.29, 0.717) is 22.5 Å². The molecule has 0 aliphatic heterocycles. The number of hydrogen-bond donors (Lipinski definition) is 3. The summed E-state index contributed by atoms with van der Waals surface area (Å²) in [6.45, 7) is 3.07. The Labute approximate surface area is 213 Å². The van der Waals surface area contributed by atoms with Crippen LogP contribution in [0.3, 0.4) is 0 Å². The number of carbonyl (C=O) groups is 1. The lowest BCUT2D eigenvalue weighted by Gasteiger charge is -2.14. The van der Waals surface area contributed by atoms with Gasteiger partial charge in [-0.2, -0.15) is 0 Å². The second-order valence-electron chi connectivity index (χ2n) is 7.10. The number of carbonyl (C=O) groups excluding carboxylic acids is 1. The van der Waals surface area contributed by atoms with E-state index >= 15 is 0 Å². The highest BCUT2D eigenvalue weighted by molar-refractivity contribution is 7.99. The Morgan fingerprint density at radius 1 is 1.14 bits per heavy atom. The van der Waals surface area contributed by atoms with E-state index in [-0.39, 0.29) is 11.7 Å². The molecule has 3 aromatic rings. The first kappa shape index (κ1) is 32.0. The van der Waals surface area contributed by atoms with Crippen LogP contribution < -0.4 is 15.4 Å². The summed E-state index contributed by atoms with van der Waals surface area (Å²) in [5.74, 6) is -0.132. The second kappa shape index (κ2) is 18.4. The molecule has 192 valence electrons. The molecule has 1 amide bonds. The van der Waals surface area contributed by atoms with Crippen molar-refractivity contribution >= 4 is 34.5 Å². The number of nitrogens with zero attached hydrogens (tertiary/aromatic N) is 1. The van der Waals surface area contributed by atoms with Gasteiger partial charge in [-0.1, -0.05) is 38.1 Å². The summed E-state index contributed by atoms with van der Waals surface area (Å²) in [4.78, 5) is 12.4. The maximum absolute atomic E-state index is 13.2. The van der Waals surface area contributed by atoms with E-state index in [9.17, 15) is 9.18 Å². The number of unbranched alkanes of at least 4 members (excludes halogenated alkanes) is 3. The first-order valence-corrected chi connectivity index (χ1v) is 12.4. The van der Waals surface area contributed by atoms with Gasteiger partial charge in [0.1, 0.15) is 17.2 Å². The lowest BCUT2D eigenvalue weighted by atomic mass is 10.0. The number of aliphatic hydroxyl groups is 1. The van der Waals surface area contributed by atoms with E-state index in [1.54, 1.807) is 31.1 Å². The van der Waals surface area contributed by atoms with Gasteiger partial charge in [0.2, 0.25) is 0 Å². The van der Waals surface area contributed by atoms with Crippen LogP contribution in [0.25, 0.3) is 22.3 Å². The van der Waals surface area contributed by atoms with Gasteiger partial charge >= 0.3 is 0 Å². The fraction of sp³-hybridized carbons (Fsp3) is 0.370. The molecule has 0 bridgehead atoms. The molecule has 0 radical (unpaired) electrons. The van der Waals surface area contributed by atoms with Crippen molar-refractivity contribution in [3.05, 3.63) is 53.8 Å². The van der Waals surface area contributed by atoms with Crippen LogP contribution in [0.15, 0.2) is 46.9 Å². The van der Waals surface area contributed by atoms with Crippen molar-refractivity contribution in [2.45, 2.75) is 32.6 Å². The minimum atomic E-state index is -0.333. The highest BCUT2D eigenvalue weighted by atomic mass is 32.2. The molecular weight excluding hydrogens is 465 g/mol. The summed E-state index contributed by atoms with van der Waals surface area (Å²) < 4.78 is 21.2. The SMILES string of the molecule is C#C.CCCCCCN.CNC(=O)c1c(-c2ccc(F)cc2)oc2cc(N(C)SC)ccc12.CO. The van der Waals surface area contributed by atoms with Crippen LogP contribution >= 0.6 is 11.9 Å². The molecule has 1 aromatic heterocycles. The number of hydrogen-bond acceptors (Lipinski definition) is 6. The lowest BCUT2D eigenvalue weighted by molar-refractivity contribution is 0.0964. The first-order chi connectivity index (χ1) is 17.0. The molecular formula is C27H38FN3O3S. The van der Waals surface area contributed by atoms with Crippen molar-refractivity contribution < 1.29 is 18.7 Å². The minimum absolute atomic E-state index is 0.237. The second-order valence-corrected chi connectivity index (χ2v) is 8.01. The Morgan fingerprint density at radius 3 is 2.29 bits per heavy atom. The maximum atomic E-state index is 13.2. The Kier molecular flexibility index (Phi) is 16.8. The standard InChI is InChI=1S/C18H17FN2O2S.C6H15N.C2H2.CH4O/c1-20-18(22)16-14-9-8-13(21(2)24-3)10-15(14)23-17(16)11-4-6-12(19)7-5-11;1-2-3-4-5-6-7;2*1-2/h4-10H,1-3H3,(H,20,22);2-7H2,1H3;1-2H;2H,1H3. The number of halogens is 1. The third kappa shape index (κ3) is 9.65. The summed E-state index contributed by atoms with van der Waals surface area (Å²) in [5.41, 5.74) is 7.97. The number of furan rings is 1. The zero-order chi connectivity index (χ0) is 26.8. The molecule has 0 saturated heterocycles. The van der Waals surface area contributed by atoms with E-state index in [1.165, 1.54) is 37.8 Å². The van der Waals surface area contributed by atoms with Crippen LogP contribution in [0.5, 0.6) is 0 Å². The van der Waals surface area contributed by atoms with E-state index in [1.807, 2.05) is 35.8 Å². The van der Waals surface area contributed by atoms with Crippen LogP contribution in [0.1, 0.15) is 43.0 Å². The van der Waals surface area contributed by atoms with Crippen LogP contribution in [0.4, 0.5) is 10.1 Å². The first-order valence-electron chi connectivity index (χ1n) is 11.3. The van der Waals surface area contributed by atoms with Crippen LogP contribution in [0.2, 0.25) is 0 Å². The number of aliphatic hydroxyl groups excluding tert-OH is 1. The average Bonchev–Trinajstić information content (AvgIpc) is 3.30. The van der Waals surface area contributed by atoms with Crippen molar-refractivity contribution in [1.29, 1.82) is 0 Å². The number of rotatable bonds is 8. The van der Waals surface area contributed by atoms with Gasteiger partial charge in [-0.25, -0.2) is 4.39 Å². The predicted molar refractivity (Wildman–Crippen MR) is 148 cm³/mol. The highest BCUT2D eigenvalue weighted by Gasteiger charge is 2.22. The van der Waals surface area contributed by atoms with Crippen molar-refractivity contribution in [2.24, 2.45) is 5.73 Å². The number of nitrogens with two attached hydrogens (primary N) is 1. The monoisotopic (exact) mass is 503 g/mol. The number of amides is 1. The zero-order valence-corrected chi connectivity index (χ0v) is 22.1. The summed E-state index contributed by atoms with van der Waals surface area (Å²) in [6, 6.07) is 11.6. The van der Waals surface area contributed by atoms with E-state index < -0.39 is 0 Å². The van der Waals surface area contributed by atoms with Crippen molar-refractivity contribution in [3.8, 4) is 24.2 Å².